The molecule has 0 spiro atoms. The number of hydrogen-bond acceptors (Lipinski definition) is 4. The van der Waals surface area contributed by atoms with Crippen molar-refractivity contribution in [2.75, 3.05) is 66.8 Å². The lowest BCUT2D eigenvalue weighted by Gasteiger charge is -2.21. The van der Waals surface area contributed by atoms with E-state index in [2.05, 4.69) is 15.2 Å². The lowest BCUT2D eigenvalue weighted by molar-refractivity contribution is 0.0536. The van der Waals surface area contributed by atoms with E-state index >= 15 is 0 Å². The van der Waals surface area contributed by atoms with Crippen molar-refractivity contribution in [2.45, 2.75) is 25.7 Å². The smallest absolute Gasteiger partial charge is 0.193 e. The molecule has 1 N–H and O–H groups in total. The first-order valence-electron chi connectivity index (χ1n) is 8.93. The van der Waals surface area contributed by atoms with Gasteiger partial charge in [-0.05, 0) is 31.6 Å². The molecule has 1 saturated heterocycles. The fourth-order valence-electron chi connectivity index (χ4n) is 2.79. The van der Waals surface area contributed by atoms with Crippen molar-refractivity contribution < 1.29 is 14.2 Å². The Kier molecular flexibility index (Phi) is 12.0. The van der Waals surface area contributed by atoms with E-state index in [9.17, 15) is 0 Å². The number of halogens is 1. The van der Waals surface area contributed by atoms with Crippen LogP contribution in [0.2, 0.25) is 0 Å². The molecular weight excluding hydrogens is 421 g/mol. The lowest BCUT2D eigenvalue weighted by Crippen LogP contribution is -2.40. The quantitative estimate of drug-likeness (QED) is 0.224. The first kappa shape index (κ1) is 21.9. The maximum Gasteiger partial charge on any atom is 0.193 e. The monoisotopic (exact) mass is 455 g/mol. The van der Waals surface area contributed by atoms with E-state index in [4.69, 9.17) is 14.2 Å². The highest BCUT2D eigenvalue weighted by Gasteiger charge is 2.25. The predicted molar refractivity (Wildman–Crippen MR) is 107 cm³/mol. The number of likely N-dealkylation sites (tertiary alicyclic amines) is 1. The van der Waals surface area contributed by atoms with Gasteiger partial charge in [0.15, 0.2) is 5.96 Å². The minimum Gasteiger partial charge on any atom is -0.382 e. The Bertz CT molecular complexity index is 354. The minimum absolute atomic E-state index is 0. The maximum atomic E-state index is 5.66. The number of nitrogens with zero attached hydrogens (tertiary/aromatic N) is 2. The van der Waals surface area contributed by atoms with Gasteiger partial charge in [0.25, 0.3) is 0 Å². The molecular formula is C17H34IN3O3. The molecule has 2 aliphatic rings. The molecule has 24 heavy (non-hydrogen) atoms. The average Bonchev–Trinajstić information content (AvgIpc) is 3.28. The first-order valence-corrected chi connectivity index (χ1v) is 8.93. The molecule has 2 fully saturated rings. The van der Waals surface area contributed by atoms with Crippen LogP contribution in [0, 0.1) is 11.8 Å². The minimum atomic E-state index is 0. The fraction of sp³-hybridized carbons (Fsp3) is 0.941. The summed E-state index contributed by atoms with van der Waals surface area (Å²) in [6.45, 7) is 6.95. The molecule has 142 valence electrons. The van der Waals surface area contributed by atoms with Gasteiger partial charge in [-0.1, -0.05) is 0 Å². The van der Waals surface area contributed by atoms with Crippen LogP contribution < -0.4 is 5.32 Å². The number of rotatable bonds is 11. The Labute approximate surface area is 163 Å². The fourth-order valence-corrected chi connectivity index (χ4v) is 2.79. The zero-order valence-electron chi connectivity index (χ0n) is 15.2. The molecule has 1 saturated carbocycles. The van der Waals surface area contributed by atoms with Gasteiger partial charge in [0.1, 0.15) is 0 Å². The van der Waals surface area contributed by atoms with Crippen molar-refractivity contribution in [3.05, 3.63) is 0 Å². The lowest BCUT2D eigenvalue weighted by atomic mass is 10.1. The van der Waals surface area contributed by atoms with Crippen molar-refractivity contribution in [1.29, 1.82) is 0 Å². The van der Waals surface area contributed by atoms with Crippen molar-refractivity contribution in [2.24, 2.45) is 16.8 Å². The third-order valence-corrected chi connectivity index (χ3v) is 4.38. The second-order valence-electron chi connectivity index (χ2n) is 6.51. The molecule has 1 atom stereocenters. The van der Waals surface area contributed by atoms with Gasteiger partial charge in [-0.15, -0.1) is 24.0 Å². The number of nitrogens with one attached hydrogen (secondary N) is 1. The summed E-state index contributed by atoms with van der Waals surface area (Å²) in [6, 6.07) is 0. The number of guanidine groups is 1. The third kappa shape index (κ3) is 8.82. The van der Waals surface area contributed by atoms with E-state index in [1.54, 1.807) is 7.11 Å². The zero-order chi connectivity index (χ0) is 16.3. The molecule has 2 rings (SSSR count). The highest BCUT2D eigenvalue weighted by molar-refractivity contribution is 14.0. The van der Waals surface area contributed by atoms with Gasteiger partial charge < -0.3 is 24.4 Å². The van der Waals surface area contributed by atoms with Crippen LogP contribution in [-0.4, -0.2) is 77.7 Å². The molecule has 1 aliphatic carbocycles. The van der Waals surface area contributed by atoms with Gasteiger partial charge in [-0.2, -0.15) is 0 Å². The predicted octanol–water partition coefficient (Wildman–Crippen LogP) is 1.98. The first-order chi connectivity index (χ1) is 11.3. The Morgan fingerprint density at radius 3 is 2.54 bits per heavy atom. The summed E-state index contributed by atoms with van der Waals surface area (Å²) in [6.07, 6.45) is 4.91. The number of ether oxygens (including phenoxy) is 3. The van der Waals surface area contributed by atoms with Gasteiger partial charge >= 0.3 is 0 Å². The summed E-state index contributed by atoms with van der Waals surface area (Å²) in [7, 11) is 3.56. The van der Waals surface area contributed by atoms with Crippen LogP contribution in [0.4, 0.5) is 0 Å². The summed E-state index contributed by atoms with van der Waals surface area (Å²) in [5, 5.41) is 3.45. The van der Waals surface area contributed by atoms with Gasteiger partial charge in [0.2, 0.25) is 0 Å². The number of methoxy groups -OCH3 is 1. The van der Waals surface area contributed by atoms with Crippen LogP contribution in [0.25, 0.3) is 0 Å². The standard InChI is InChI=1S/C17H33N3O3.HI/c1-18-17(19-7-3-9-22-13-15-4-5-15)20-8-6-16(12-20)14-23-11-10-21-2;/h15-16H,3-14H2,1-2H3,(H,18,19);1H. The van der Waals surface area contributed by atoms with Crippen LogP contribution in [0.3, 0.4) is 0 Å². The second kappa shape index (κ2) is 13.1. The summed E-state index contributed by atoms with van der Waals surface area (Å²) < 4.78 is 16.3. The van der Waals surface area contributed by atoms with Crippen molar-refractivity contribution in [3.63, 3.8) is 0 Å². The normalized spacial score (nSPS) is 21.0. The highest BCUT2D eigenvalue weighted by atomic mass is 127. The molecule has 0 bridgehead atoms. The highest BCUT2D eigenvalue weighted by Crippen LogP contribution is 2.28. The Hall–Kier alpha value is -0.120. The van der Waals surface area contributed by atoms with Crippen LogP contribution in [-0.2, 0) is 14.2 Å². The van der Waals surface area contributed by atoms with Gasteiger partial charge in [-0.25, -0.2) is 0 Å². The average molecular weight is 455 g/mol. The van der Waals surface area contributed by atoms with Gasteiger partial charge in [0.05, 0.1) is 19.8 Å². The largest absolute Gasteiger partial charge is 0.382 e. The Morgan fingerprint density at radius 2 is 1.83 bits per heavy atom. The number of hydrogen-bond donors (Lipinski definition) is 1. The van der Waals surface area contributed by atoms with Crippen LogP contribution in [0.1, 0.15) is 25.7 Å². The van der Waals surface area contributed by atoms with E-state index in [0.29, 0.717) is 19.1 Å². The molecule has 1 heterocycles. The van der Waals surface area contributed by atoms with E-state index in [1.807, 2.05) is 7.05 Å². The summed E-state index contributed by atoms with van der Waals surface area (Å²) >= 11 is 0. The van der Waals surface area contributed by atoms with E-state index in [-0.39, 0.29) is 24.0 Å². The number of aliphatic imine (C=N–C) groups is 1. The van der Waals surface area contributed by atoms with E-state index < -0.39 is 0 Å². The summed E-state index contributed by atoms with van der Waals surface area (Å²) in [4.78, 5) is 6.73. The van der Waals surface area contributed by atoms with Crippen molar-refractivity contribution >= 4 is 29.9 Å². The zero-order valence-corrected chi connectivity index (χ0v) is 17.5. The van der Waals surface area contributed by atoms with E-state index in [0.717, 1.165) is 64.2 Å². The summed E-state index contributed by atoms with van der Waals surface area (Å²) in [5.74, 6) is 2.45. The summed E-state index contributed by atoms with van der Waals surface area (Å²) in [5.41, 5.74) is 0. The Balaban J connectivity index is 0.00000288. The molecule has 0 aromatic rings. The molecule has 0 aromatic heterocycles. The van der Waals surface area contributed by atoms with Gasteiger partial charge in [-0.3, -0.25) is 4.99 Å². The van der Waals surface area contributed by atoms with Crippen LogP contribution in [0.5, 0.6) is 0 Å². The van der Waals surface area contributed by atoms with Crippen molar-refractivity contribution in [3.8, 4) is 0 Å². The molecule has 0 amide bonds. The molecule has 1 unspecified atom stereocenters. The van der Waals surface area contributed by atoms with Gasteiger partial charge in [0, 0.05) is 52.9 Å². The molecule has 6 nitrogen and oxygen atoms in total. The van der Waals surface area contributed by atoms with Crippen molar-refractivity contribution in [1.82, 2.24) is 10.2 Å². The maximum absolute atomic E-state index is 5.66. The SMILES string of the molecule is CN=C(NCCCOCC1CC1)N1CCC(COCCOC)C1.I. The van der Waals surface area contributed by atoms with Crippen LogP contribution in [0.15, 0.2) is 4.99 Å². The van der Waals surface area contributed by atoms with Crippen LogP contribution >= 0.6 is 24.0 Å². The molecule has 1 aliphatic heterocycles. The topological polar surface area (TPSA) is 55.3 Å². The second-order valence-corrected chi connectivity index (χ2v) is 6.51. The van der Waals surface area contributed by atoms with E-state index in [1.165, 1.54) is 12.8 Å². The molecule has 0 aromatic carbocycles. The molecule has 7 heteroatoms. The molecule has 0 radical (unpaired) electrons. The third-order valence-electron chi connectivity index (χ3n) is 4.38. The Morgan fingerprint density at radius 1 is 1.08 bits per heavy atom.